The van der Waals surface area contributed by atoms with E-state index in [-0.39, 0.29) is 5.43 Å². The van der Waals surface area contributed by atoms with E-state index < -0.39 is 0 Å². The molecule has 3 rings (SSSR count). The number of aryl methyl sites for hydroxylation is 1. The molecule has 1 aliphatic rings. The van der Waals surface area contributed by atoms with Gasteiger partial charge in [0.2, 0.25) is 0 Å². The summed E-state index contributed by atoms with van der Waals surface area (Å²) < 4.78 is 0. The van der Waals surface area contributed by atoms with Gasteiger partial charge in [0.15, 0.2) is 5.43 Å². The molecule has 1 aromatic carbocycles. The molecular formula is C16H17NO. The lowest BCUT2D eigenvalue weighted by atomic mass is 10.0. The van der Waals surface area contributed by atoms with Gasteiger partial charge in [0.1, 0.15) is 0 Å². The second kappa shape index (κ2) is 4.81. The van der Waals surface area contributed by atoms with Gasteiger partial charge in [-0.3, -0.25) is 4.79 Å². The van der Waals surface area contributed by atoms with Crippen molar-refractivity contribution in [2.75, 3.05) is 0 Å². The minimum atomic E-state index is 0.199. The third-order valence-corrected chi connectivity index (χ3v) is 3.66. The summed E-state index contributed by atoms with van der Waals surface area (Å²) in [6.07, 6.45) is 5.48. The van der Waals surface area contributed by atoms with E-state index in [0.717, 1.165) is 41.8 Å². The fourth-order valence-corrected chi connectivity index (χ4v) is 2.68. The highest BCUT2D eigenvalue weighted by Crippen LogP contribution is 2.20. The second-order valence-corrected chi connectivity index (χ2v) is 4.93. The highest BCUT2D eigenvalue weighted by Gasteiger charge is 2.13. The van der Waals surface area contributed by atoms with Gasteiger partial charge < -0.3 is 4.98 Å². The molecule has 0 saturated heterocycles. The molecule has 18 heavy (non-hydrogen) atoms. The molecule has 0 saturated carbocycles. The van der Waals surface area contributed by atoms with E-state index in [1.165, 1.54) is 12.8 Å². The minimum absolute atomic E-state index is 0.199. The average Bonchev–Trinajstić information content (AvgIpc) is 2.65. The number of hydrogen-bond acceptors (Lipinski definition) is 1. The first-order valence-electron chi connectivity index (χ1n) is 6.65. The number of nitrogens with one attached hydrogen (secondary N) is 1. The van der Waals surface area contributed by atoms with Crippen LogP contribution < -0.4 is 5.43 Å². The molecule has 2 aromatic rings. The third kappa shape index (κ3) is 2.10. The summed E-state index contributed by atoms with van der Waals surface area (Å²) in [6, 6.07) is 11.8. The lowest BCUT2D eigenvalue weighted by Crippen LogP contribution is -2.13. The van der Waals surface area contributed by atoms with E-state index >= 15 is 0 Å². The van der Waals surface area contributed by atoms with Crippen LogP contribution in [0.4, 0.5) is 0 Å². The van der Waals surface area contributed by atoms with E-state index in [0.29, 0.717) is 0 Å². The van der Waals surface area contributed by atoms with Crippen LogP contribution in [0, 0.1) is 0 Å². The van der Waals surface area contributed by atoms with Crippen LogP contribution >= 0.6 is 0 Å². The number of hydrogen-bond donors (Lipinski definition) is 1. The Hall–Kier alpha value is -1.83. The van der Waals surface area contributed by atoms with Crippen LogP contribution in [0.1, 0.15) is 30.5 Å². The standard InChI is InChI=1S/C16H17NO/c18-16-11-15(12-7-3-1-4-8-12)17-14-10-6-2-5-9-13(14)16/h1,3-4,7-8,11H,2,5-6,9-10H2,(H,17,18). The Morgan fingerprint density at radius 3 is 2.56 bits per heavy atom. The van der Waals surface area contributed by atoms with Crippen LogP contribution in [0.5, 0.6) is 0 Å². The van der Waals surface area contributed by atoms with E-state index in [1.54, 1.807) is 6.07 Å². The van der Waals surface area contributed by atoms with Crippen LogP contribution in [-0.4, -0.2) is 4.98 Å². The van der Waals surface area contributed by atoms with E-state index in [2.05, 4.69) is 4.98 Å². The quantitative estimate of drug-likeness (QED) is 0.761. The maximum atomic E-state index is 12.2. The summed E-state index contributed by atoms with van der Waals surface area (Å²) >= 11 is 0. The smallest absolute Gasteiger partial charge is 0.185 e. The Labute approximate surface area is 107 Å². The molecular weight excluding hydrogens is 222 g/mol. The number of aromatic nitrogens is 1. The fraction of sp³-hybridized carbons (Fsp3) is 0.312. The molecule has 0 bridgehead atoms. The number of benzene rings is 1. The van der Waals surface area contributed by atoms with Gasteiger partial charge in [-0.25, -0.2) is 0 Å². The van der Waals surface area contributed by atoms with Crippen molar-refractivity contribution in [1.82, 2.24) is 4.98 Å². The molecule has 0 aliphatic heterocycles. The molecule has 0 atom stereocenters. The minimum Gasteiger partial charge on any atom is -0.358 e. The van der Waals surface area contributed by atoms with Crippen LogP contribution in [0.15, 0.2) is 41.2 Å². The number of rotatable bonds is 1. The Balaban J connectivity index is 2.11. The first-order valence-corrected chi connectivity index (χ1v) is 6.65. The maximum Gasteiger partial charge on any atom is 0.185 e. The average molecular weight is 239 g/mol. The normalized spacial score (nSPS) is 14.9. The molecule has 2 heteroatoms. The van der Waals surface area contributed by atoms with Gasteiger partial charge in [-0.05, 0) is 31.2 Å². The van der Waals surface area contributed by atoms with Crippen LogP contribution in [0.25, 0.3) is 11.3 Å². The van der Waals surface area contributed by atoms with Gasteiger partial charge in [0.05, 0.1) is 0 Å². The number of fused-ring (bicyclic) bond motifs is 1. The van der Waals surface area contributed by atoms with Crippen molar-refractivity contribution >= 4 is 0 Å². The van der Waals surface area contributed by atoms with Gasteiger partial charge in [0, 0.05) is 23.0 Å². The molecule has 1 N–H and O–H groups in total. The van der Waals surface area contributed by atoms with E-state index in [1.807, 2.05) is 30.3 Å². The summed E-state index contributed by atoms with van der Waals surface area (Å²) in [4.78, 5) is 15.7. The summed E-state index contributed by atoms with van der Waals surface area (Å²) in [6.45, 7) is 0. The highest BCUT2D eigenvalue weighted by atomic mass is 16.1. The van der Waals surface area contributed by atoms with Crippen LogP contribution in [0.3, 0.4) is 0 Å². The summed E-state index contributed by atoms with van der Waals surface area (Å²) in [5.74, 6) is 0. The van der Waals surface area contributed by atoms with Crippen molar-refractivity contribution in [2.24, 2.45) is 0 Å². The Morgan fingerprint density at radius 2 is 1.72 bits per heavy atom. The second-order valence-electron chi connectivity index (χ2n) is 4.93. The van der Waals surface area contributed by atoms with Gasteiger partial charge in [0.25, 0.3) is 0 Å². The molecule has 0 fully saturated rings. The van der Waals surface area contributed by atoms with E-state index in [4.69, 9.17) is 0 Å². The highest BCUT2D eigenvalue weighted by molar-refractivity contribution is 5.59. The molecule has 92 valence electrons. The van der Waals surface area contributed by atoms with Crippen molar-refractivity contribution in [3.8, 4) is 11.3 Å². The number of aromatic amines is 1. The van der Waals surface area contributed by atoms with Crippen LogP contribution in [0.2, 0.25) is 0 Å². The first-order chi connectivity index (χ1) is 8.84. The SMILES string of the molecule is O=c1cc(-c2ccccc2)[nH]c2c1CCCCC2. The lowest BCUT2D eigenvalue weighted by Gasteiger charge is -2.09. The van der Waals surface area contributed by atoms with Crippen molar-refractivity contribution in [3.63, 3.8) is 0 Å². The van der Waals surface area contributed by atoms with Gasteiger partial charge >= 0.3 is 0 Å². The Bertz CT molecular complexity index is 598. The van der Waals surface area contributed by atoms with Crippen molar-refractivity contribution in [3.05, 3.63) is 57.9 Å². The molecule has 2 nitrogen and oxygen atoms in total. The Morgan fingerprint density at radius 1 is 0.944 bits per heavy atom. The van der Waals surface area contributed by atoms with Gasteiger partial charge in [-0.1, -0.05) is 36.8 Å². The van der Waals surface area contributed by atoms with Crippen LogP contribution in [-0.2, 0) is 12.8 Å². The summed E-state index contributed by atoms with van der Waals surface area (Å²) in [5.41, 5.74) is 4.39. The number of H-pyrrole nitrogens is 1. The third-order valence-electron chi connectivity index (χ3n) is 3.66. The zero-order chi connectivity index (χ0) is 12.4. The Kier molecular flexibility index (Phi) is 3.01. The largest absolute Gasteiger partial charge is 0.358 e. The molecule has 0 unspecified atom stereocenters. The van der Waals surface area contributed by atoms with Gasteiger partial charge in [-0.15, -0.1) is 0 Å². The lowest BCUT2D eigenvalue weighted by molar-refractivity contribution is 0.708. The fourth-order valence-electron chi connectivity index (χ4n) is 2.68. The monoisotopic (exact) mass is 239 g/mol. The topological polar surface area (TPSA) is 32.9 Å². The first kappa shape index (κ1) is 11.3. The molecule has 0 spiro atoms. The molecule has 1 aliphatic carbocycles. The van der Waals surface area contributed by atoms with Crippen molar-refractivity contribution in [2.45, 2.75) is 32.1 Å². The maximum absolute atomic E-state index is 12.2. The van der Waals surface area contributed by atoms with Crippen molar-refractivity contribution in [1.29, 1.82) is 0 Å². The summed E-state index contributed by atoms with van der Waals surface area (Å²) in [7, 11) is 0. The predicted molar refractivity (Wildman–Crippen MR) is 73.8 cm³/mol. The van der Waals surface area contributed by atoms with Crippen molar-refractivity contribution < 1.29 is 0 Å². The zero-order valence-corrected chi connectivity index (χ0v) is 10.4. The molecule has 0 amide bonds. The molecule has 0 radical (unpaired) electrons. The summed E-state index contributed by atoms with van der Waals surface area (Å²) in [5, 5.41) is 0. The predicted octanol–water partition coefficient (Wildman–Crippen LogP) is 3.31. The van der Waals surface area contributed by atoms with Gasteiger partial charge in [-0.2, -0.15) is 0 Å². The molecule has 1 heterocycles. The number of pyridine rings is 1. The van der Waals surface area contributed by atoms with E-state index in [9.17, 15) is 4.79 Å². The zero-order valence-electron chi connectivity index (χ0n) is 10.4. The molecule has 1 aromatic heterocycles.